The van der Waals surface area contributed by atoms with E-state index in [-0.39, 0.29) is 34.3 Å². The van der Waals surface area contributed by atoms with Gasteiger partial charge in [-0.3, -0.25) is 4.79 Å². The number of carbonyl (C=O) groups is 2. The van der Waals surface area contributed by atoms with Crippen molar-refractivity contribution in [2.24, 2.45) is 5.92 Å². The van der Waals surface area contributed by atoms with Gasteiger partial charge in [-0.25, -0.2) is 4.79 Å². The van der Waals surface area contributed by atoms with Crippen LogP contribution in [0.4, 0.5) is 0 Å². The zero-order valence-corrected chi connectivity index (χ0v) is 17.6. The van der Waals surface area contributed by atoms with Crippen LogP contribution in [-0.2, 0) is 9.53 Å². The molecule has 1 aliphatic carbocycles. The summed E-state index contributed by atoms with van der Waals surface area (Å²) in [7, 11) is 0. The minimum Gasteiger partial charge on any atom is -0.508 e. The van der Waals surface area contributed by atoms with Crippen LogP contribution in [0, 0.1) is 12.8 Å². The second-order valence-electron chi connectivity index (χ2n) is 8.82. The number of carbonyl (C=O) groups excluding carboxylic acids is 2. The molecule has 3 rings (SSSR count). The van der Waals surface area contributed by atoms with Gasteiger partial charge in [-0.15, -0.1) is 0 Å². The molecule has 0 fully saturated rings. The molecule has 0 aromatic heterocycles. The summed E-state index contributed by atoms with van der Waals surface area (Å²) in [5.41, 5.74) is 0.191. The van der Waals surface area contributed by atoms with Crippen molar-refractivity contribution in [1.82, 2.24) is 0 Å². The highest BCUT2D eigenvalue weighted by atomic mass is 16.6. The number of phenols is 1. The van der Waals surface area contributed by atoms with Crippen molar-refractivity contribution in [3.63, 3.8) is 0 Å². The Morgan fingerprint density at radius 1 is 1.24 bits per heavy atom. The molecule has 0 saturated carbocycles. The van der Waals surface area contributed by atoms with Gasteiger partial charge in [0.15, 0.2) is 17.6 Å². The number of fused-ring (bicyclic) bond motifs is 2. The van der Waals surface area contributed by atoms with Crippen LogP contribution < -0.4 is 4.74 Å². The molecule has 2 aliphatic rings. The summed E-state index contributed by atoms with van der Waals surface area (Å²) in [6, 6.07) is 1.49. The van der Waals surface area contributed by atoms with Crippen molar-refractivity contribution < 1.29 is 34.4 Å². The lowest BCUT2D eigenvalue weighted by molar-refractivity contribution is -0.129. The predicted molar refractivity (Wildman–Crippen MR) is 105 cm³/mol. The summed E-state index contributed by atoms with van der Waals surface area (Å²) < 4.78 is 11.7. The zero-order valence-electron chi connectivity index (χ0n) is 17.6. The molecule has 7 heteroatoms. The average Bonchev–Trinajstić information content (AvgIpc) is 2.77. The van der Waals surface area contributed by atoms with Crippen LogP contribution in [0.5, 0.6) is 11.5 Å². The SMILES string of the molecule is CC1=C2OC(=O)c3c(C(C)CC(C)(C)O)cc(O)c(C)c3O[C@@H]2[C@H](C)[C@H](O)C1=O. The topological polar surface area (TPSA) is 113 Å². The molecule has 4 atom stereocenters. The summed E-state index contributed by atoms with van der Waals surface area (Å²) in [5, 5.41) is 31.0. The first-order valence-corrected chi connectivity index (χ1v) is 9.74. The maximum absolute atomic E-state index is 13.1. The van der Waals surface area contributed by atoms with E-state index in [4.69, 9.17) is 9.47 Å². The Labute approximate surface area is 170 Å². The molecule has 1 aromatic carbocycles. The smallest absolute Gasteiger partial charge is 0.347 e. The van der Waals surface area contributed by atoms with E-state index >= 15 is 0 Å². The van der Waals surface area contributed by atoms with Crippen LogP contribution in [0.2, 0.25) is 0 Å². The van der Waals surface area contributed by atoms with E-state index in [0.717, 1.165) is 0 Å². The van der Waals surface area contributed by atoms with Gasteiger partial charge in [0.25, 0.3) is 0 Å². The van der Waals surface area contributed by atoms with Gasteiger partial charge in [0.05, 0.1) is 5.60 Å². The van der Waals surface area contributed by atoms with E-state index in [1.54, 1.807) is 27.7 Å². The van der Waals surface area contributed by atoms with Crippen molar-refractivity contribution in [1.29, 1.82) is 0 Å². The lowest BCUT2D eigenvalue weighted by Crippen LogP contribution is -2.45. The standard InChI is InChI=1S/C22H28O7/c1-9(8-22(5,6)27)13-7-14(23)10(2)18-15(13)21(26)29-20-12(4)17(25)16(24)11(3)19(20)28-18/h7,9,11,16,19,23-24,27H,8H2,1-6H3/t9?,11-,16+,19-/m1/s1. The third kappa shape index (κ3) is 3.65. The van der Waals surface area contributed by atoms with Crippen molar-refractivity contribution in [2.75, 3.05) is 0 Å². The third-order valence-electron chi connectivity index (χ3n) is 5.76. The van der Waals surface area contributed by atoms with Crippen LogP contribution in [0.15, 0.2) is 17.4 Å². The number of aromatic hydroxyl groups is 1. The lowest BCUT2D eigenvalue weighted by Gasteiger charge is -2.33. The highest BCUT2D eigenvalue weighted by Crippen LogP contribution is 2.44. The van der Waals surface area contributed by atoms with Crippen LogP contribution in [0.3, 0.4) is 0 Å². The molecule has 0 spiro atoms. The number of hydrogen-bond donors (Lipinski definition) is 3. The molecule has 0 amide bonds. The van der Waals surface area contributed by atoms with Gasteiger partial charge in [0.2, 0.25) is 0 Å². The summed E-state index contributed by atoms with van der Waals surface area (Å²) in [6.45, 7) is 9.95. The van der Waals surface area contributed by atoms with E-state index in [1.807, 2.05) is 6.92 Å². The van der Waals surface area contributed by atoms with Crippen molar-refractivity contribution in [3.8, 4) is 11.5 Å². The van der Waals surface area contributed by atoms with Crippen LogP contribution >= 0.6 is 0 Å². The Bertz CT molecular complexity index is 907. The fraction of sp³-hybridized carbons (Fsp3) is 0.545. The second kappa shape index (κ2) is 7.15. The van der Waals surface area contributed by atoms with Crippen molar-refractivity contribution in [3.05, 3.63) is 34.1 Å². The van der Waals surface area contributed by atoms with Gasteiger partial charge in [-0.2, -0.15) is 0 Å². The Morgan fingerprint density at radius 2 is 1.86 bits per heavy atom. The maximum Gasteiger partial charge on any atom is 0.347 e. The first-order valence-electron chi connectivity index (χ1n) is 9.74. The molecule has 1 heterocycles. The maximum atomic E-state index is 13.1. The first-order chi connectivity index (χ1) is 13.3. The number of phenolic OH excluding ortho intramolecular Hbond substituents is 1. The molecule has 29 heavy (non-hydrogen) atoms. The Balaban J connectivity index is 2.20. The largest absolute Gasteiger partial charge is 0.508 e. The molecule has 1 aliphatic heterocycles. The van der Waals surface area contributed by atoms with Gasteiger partial charge < -0.3 is 24.8 Å². The van der Waals surface area contributed by atoms with Gasteiger partial charge in [0, 0.05) is 17.1 Å². The highest BCUT2D eigenvalue weighted by Gasteiger charge is 2.46. The molecular formula is C22H28O7. The van der Waals surface area contributed by atoms with Crippen molar-refractivity contribution in [2.45, 2.75) is 71.7 Å². The molecule has 0 saturated heterocycles. The van der Waals surface area contributed by atoms with E-state index < -0.39 is 35.5 Å². The summed E-state index contributed by atoms with van der Waals surface area (Å²) in [6.07, 6.45) is -1.77. The van der Waals surface area contributed by atoms with E-state index in [1.165, 1.54) is 13.0 Å². The summed E-state index contributed by atoms with van der Waals surface area (Å²) in [4.78, 5) is 25.4. The third-order valence-corrected chi connectivity index (χ3v) is 5.76. The zero-order chi connectivity index (χ0) is 21.8. The molecular weight excluding hydrogens is 376 g/mol. The monoisotopic (exact) mass is 404 g/mol. The second-order valence-corrected chi connectivity index (χ2v) is 8.82. The molecule has 7 nitrogen and oxygen atoms in total. The molecule has 0 radical (unpaired) electrons. The normalized spacial score (nSPS) is 25.6. The Morgan fingerprint density at radius 3 is 2.45 bits per heavy atom. The minimum absolute atomic E-state index is 0.0432. The van der Waals surface area contributed by atoms with Gasteiger partial charge in [0.1, 0.15) is 23.2 Å². The van der Waals surface area contributed by atoms with E-state index in [9.17, 15) is 24.9 Å². The minimum atomic E-state index is -1.27. The molecule has 1 unspecified atom stereocenters. The number of ketones is 1. The van der Waals surface area contributed by atoms with Crippen molar-refractivity contribution >= 4 is 11.8 Å². The Kier molecular flexibility index (Phi) is 5.26. The highest BCUT2D eigenvalue weighted by molar-refractivity contribution is 6.02. The number of esters is 1. The number of rotatable bonds is 3. The van der Waals surface area contributed by atoms with Crippen LogP contribution in [-0.4, -0.2) is 44.9 Å². The summed E-state index contributed by atoms with van der Waals surface area (Å²) >= 11 is 0. The molecule has 158 valence electrons. The number of ether oxygens (including phenoxy) is 2. The quantitative estimate of drug-likeness (QED) is 0.664. The molecule has 0 bridgehead atoms. The molecule has 3 N–H and O–H groups in total. The van der Waals surface area contributed by atoms with E-state index in [0.29, 0.717) is 17.5 Å². The number of hydrogen-bond acceptors (Lipinski definition) is 7. The van der Waals surface area contributed by atoms with Crippen LogP contribution in [0.1, 0.15) is 68.4 Å². The lowest BCUT2D eigenvalue weighted by atomic mass is 9.84. The number of aliphatic hydroxyl groups excluding tert-OH is 1. The Hall–Kier alpha value is -2.38. The molecule has 1 aromatic rings. The fourth-order valence-corrected chi connectivity index (χ4v) is 4.14. The average molecular weight is 404 g/mol. The predicted octanol–water partition coefficient (Wildman–Crippen LogP) is 2.74. The van der Waals surface area contributed by atoms with Gasteiger partial charge in [-0.05, 0) is 51.7 Å². The fourth-order valence-electron chi connectivity index (χ4n) is 4.14. The van der Waals surface area contributed by atoms with Crippen LogP contribution in [0.25, 0.3) is 0 Å². The number of aliphatic hydroxyl groups is 2. The number of Topliss-reactive ketones (excluding diaryl/α,β-unsaturated/α-hetero) is 1. The van der Waals surface area contributed by atoms with E-state index in [2.05, 4.69) is 0 Å². The summed E-state index contributed by atoms with van der Waals surface area (Å²) in [5.74, 6) is -1.89. The number of benzene rings is 1. The van der Waals surface area contributed by atoms with Gasteiger partial charge in [-0.1, -0.05) is 13.8 Å². The van der Waals surface area contributed by atoms with Gasteiger partial charge >= 0.3 is 5.97 Å². The first kappa shape index (κ1) is 21.3.